The molecule has 120 valence electrons. The number of benzene rings is 1. The van der Waals surface area contributed by atoms with E-state index in [9.17, 15) is 18.8 Å². The van der Waals surface area contributed by atoms with E-state index < -0.39 is 29.6 Å². The van der Waals surface area contributed by atoms with Gasteiger partial charge in [-0.3, -0.25) is 19.3 Å². The van der Waals surface area contributed by atoms with Gasteiger partial charge in [0.05, 0.1) is 17.9 Å². The van der Waals surface area contributed by atoms with Gasteiger partial charge in [-0.15, -0.1) is 0 Å². The first-order valence-electron chi connectivity index (χ1n) is 7.61. The third-order valence-electron chi connectivity index (χ3n) is 4.41. The highest BCUT2D eigenvalue weighted by Gasteiger charge is 2.50. The third-order valence-corrected chi connectivity index (χ3v) is 4.41. The molecule has 1 N–H and O–H groups in total. The molecule has 0 saturated carbocycles. The van der Waals surface area contributed by atoms with Crippen LogP contribution in [0.25, 0.3) is 0 Å². The summed E-state index contributed by atoms with van der Waals surface area (Å²) in [4.78, 5) is 38.2. The van der Waals surface area contributed by atoms with Crippen molar-refractivity contribution in [1.29, 1.82) is 0 Å². The summed E-state index contributed by atoms with van der Waals surface area (Å²) in [5, 5.41) is 2.77. The second kappa shape index (κ2) is 5.95. The number of fused-ring (bicyclic) bond motifs is 1. The monoisotopic (exact) mass is 316 g/mol. The van der Waals surface area contributed by atoms with Crippen molar-refractivity contribution in [3.63, 3.8) is 0 Å². The highest BCUT2D eigenvalue weighted by atomic mass is 19.1. The molecule has 0 bridgehead atoms. The summed E-state index contributed by atoms with van der Waals surface area (Å²) in [6.07, 6.45) is 4.09. The van der Waals surface area contributed by atoms with Gasteiger partial charge in [-0.05, 0) is 37.6 Å². The number of likely N-dealkylation sites (tertiary alicyclic amines) is 1. The van der Waals surface area contributed by atoms with Gasteiger partial charge >= 0.3 is 0 Å². The average Bonchev–Trinajstić information content (AvgIpc) is 2.79. The first-order chi connectivity index (χ1) is 11.0. The predicted octanol–water partition coefficient (Wildman–Crippen LogP) is 1.51. The molecule has 5 nitrogen and oxygen atoms in total. The maximum atomic E-state index is 12.9. The minimum atomic E-state index is -0.558. The molecule has 3 rings (SSSR count). The molecule has 1 aliphatic carbocycles. The van der Waals surface area contributed by atoms with Crippen molar-refractivity contribution < 1.29 is 18.8 Å². The molecule has 1 aliphatic heterocycles. The zero-order valence-electron chi connectivity index (χ0n) is 12.7. The number of hydrogen-bond donors (Lipinski definition) is 1. The van der Waals surface area contributed by atoms with E-state index >= 15 is 0 Å². The van der Waals surface area contributed by atoms with Crippen molar-refractivity contribution in [2.45, 2.75) is 19.4 Å². The number of carbonyl (C=O) groups excluding carboxylic acids is 3. The van der Waals surface area contributed by atoms with Crippen molar-refractivity contribution in [2.75, 3.05) is 6.54 Å². The van der Waals surface area contributed by atoms with Gasteiger partial charge in [-0.25, -0.2) is 4.39 Å². The molecule has 0 spiro atoms. The largest absolute Gasteiger partial charge is 0.345 e. The minimum Gasteiger partial charge on any atom is -0.345 e. The highest BCUT2D eigenvalue weighted by Crippen LogP contribution is 2.35. The van der Waals surface area contributed by atoms with Crippen LogP contribution in [0.5, 0.6) is 0 Å². The molecule has 0 unspecified atom stereocenters. The molecule has 1 fully saturated rings. The van der Waals surface area contributed by atoms with Gasteiger partial charge in [0.2, 0.25) is 11.8 Å². The van der Waals surface area contributed by atoms with Gasteiger partial charge in [0, 0.05) is 12.1 Å². The van der Waals surface area contributed by atoms with Gasteiger partial charge in [0.1, 0.15) is 5.82 Å². The van der Waals surface area contributed by atoms with Crippen molar-refractivity contribution >= 4 is 17.7 Å². The van der Waals surface area contributed by atoms with Crippen molar-refractivity contribution in [3.05, 3.63) is 47.8 Å². The number of halogens is 1. The van der Waals surface area contributed by atoms with Gasteiger partial charge in [0.15, 0.2) is 0 Å². The maximum absolute atomic E-state index is 12.9. The molecule has 23 heavy (non-hydrogen) atoms. The Kier molecular flexibility index (Phi) is 3.98. The van der Waals surface area contributed by atoms with Crippen LogP contribution in [0.1, 0.15) is 23.7 Å². The average molecular weight is 316 g/mol. The van der Waals surface area contributed by atoms with E-state index in [0.717, 1.165) is 0 Å². The summed E-state index contributed by atoms with van der Waals surface area (Å²) >= 11 is 0. The number of nitrogens with zero attached hydrogens (tertiary/aromatic N) is 1. The molecule has 3 amide bonds. The van der Waals surface area contributed by atoms with Gasteiger partial charge < -0.3 is 5.32 Å². The fourth-order valence-electron chi connectivity index (χ4n) is 3.24. The van der Waals surface area contributed by atoms with E-state index in [-0.39, 0.29) is 11.8 Å². The fourth-order valence-corrected chi connectivity index (χ4v) is 3.24. The molecule has 1 aromatic carbocycles. The first kappa shape index (κ1) is 15.4. The van der Waals surface area contributed by atoms with Crippen molar-refractivity contribution in [1.82, 2.24) is 10.2 Å². The topological polar surface area (TPSA) is 66.5 Å². The maximum Gasteiger partial charge on any atom is 0.251 e. The van der Waals surface area contributed by atoms with E-state index in [1.54, 1.807) is 13.0 Å². The lowest BCUT2D eigenvalue weighted by Gasteiger charge is -2.27. The zero-order valence-corrected chi connectivity index (χ0v) is 12.7. The Morgan fingerprint density at radius 2 is 1.96 bits per heavy atom. The first-order valence-corrected chi connectivity index (χ1v) is 7.61. The number of imide groups is 1. The number of allylic oxidation sites excluding steroid dienone is 1. The summed E-state index contributed by atoms with van der Waals surface area (Å²) in [6, 6.07) is 4.65. The molecular formula is C17H17FN2O3. The molecule has 6 heteroatoms. The number of nitrogens with one attached hydrogen (secondary N) is 1. The van der Waals surface area contributed by atoms with Gasteiger partial charge in [-0.2, -0.15) is 0 Å². The molecule has 1 heterocycles. The van der Waals surface area contributed by atoms with Crippen LogP contribution < -0.4 is 5.32 Å². The summed E-state index contributed by atoms with van der Waals surface area (Å²) in [6.45, 7) is 2.09. The van der Waals surface area contributed by atoms with Crippen molar-refractivity contribution in [2.24, 2.45) is 11.8 Å². The number of rotatable bonds is 3. The number of carbonyl (C=O) groups is 3. The lowest BCUT2D eigenvalue weighted by molar-refractivity contribution is -0.139. The Morgan fingerprint density at radius 1 is 1.26 bits per heavy atom. The summed E-state index contributed by atoms with van der Waals surface area (Å²) in [5.41, 5.74) is 0.311. The molecule has 1 saturated heterocycles. The Bertz CT molecular complexity index is 684. The number of amides is 3. The van der Waals surface area contributed by atoms with Crippen LogP contribution >= 0.6 is 0 Å². The molecule has 2 aliphatic rings. The minimum absolute atomic E-state index is 0.173. The van der Waals surface area contributed by atoms with E-state index in [1.165, 1.54) is 29.2 Å². The summed E-state index contributed by atoms with van der Waals surface area (Å²) in [5.74, 6) is -2.20. The van der Waals surface area contributed by atoms with E-state index in [1.807, 2.05) is 6.08 Å². The quantitative estimate of drug-likeness (QED) is 0.679. The summed E-state index contributed by atoms with van der Waals surface area (Å²) < 4.78 is 12.9. The van der Waals surface area contributed by atoms with Crippen LogP contribution in [0, 0.1) is 17.7 Å². The Balaban J connectivity index is 1.80. The Labute approximate surface area is 133 Å². The Hall–Kier alpha value is -2.50. The van der Waals surface area contributed by atoms with Gasteiger partial charge in [-0.1, -0.05) is 12.2 Å². The van der Waals surface area contributed by atoms with Crippen LogP contribution in [0.2, 0.25) is 0 Å². The SMILES string of the molecule is CCN1C(=O)[C@@H]2[C@@H](NC(=O)c3ccc(F)cc3)C=CC[C@H]2C1=O. The van der Waals surface area contributed by atoms with Crippen LogP contribution in [0.15, 0.2) is 36.4 Å². The van der Waals surface area contributed by atoms with Crippen molar-refractivity contribution in [3.8, 4) is 0 Å². The van der Waals surface area contributed by atoms with Gasteiger partial charge in [0.25, 0.3) is 5.91 Å². The second-order valence-electron chi connectivity index (χ2n) is 5.72. The fraction of sp³-hybridized carbons (Fsp3) is 0.353. The molecule has 3 atom stereocenters. The normalized spacial score (nSPS) is 26.3. The van der Waals surface area contributed by atoms with E-state index in [2.05, 4.69) is 5.32 Å². The van der Waals surface area contributed by atoms with Crippen LogP contribution in [-0.2, 0) is 9.59 Å². The lowest BCUT2D eigenvalue weighted by atomic mass is 9.81. The third kappa shape index (κ3) is 2.65. The van der Waals surface area contributed by atoms with E-state index in [0.29, 0.717) is 18.5 Å². The zero-order chi connectivity index (χ0) is 16.6. The second-order valence-corrected chi connectivity index (χ2v) is 5.72. The highest BCUT2D eigenvalue weighted by molar-refractivity contribution is 6.06. The lowest BCUT2D eigenvalue weighted by Crippen LogP contribution is -2.45. The molecule has 0 radical (unpaired) electrons. The van der Waals surface area contributed by atoms with E-state index in [4.69, 9.17) is 0 Å². The predicted molar refractivity (Wildman–Crippen MR) is 80.8 cm³/mol. The molecular weight excluding hydrogens is 299 g/mol. The molecule has 1 aromatic rings. The Morgan fingerprint density at radius 3 is 2.61 bits per heavy atom. The van der Waals surface area contributed by atoms with Crippen LogP contribution in [0.4, 0.5) is 4.39 Å². The standard InChI is InChI=1S/C17H17FN2O3/c1-2-20-16(22)12-4-3-5-13(14(12)17(20)23)19-15(21)10-6-8-11(18)9-7-10/h3,5-9,12-14H,2,4H2,1H3,(H,19,21)/t12-,13+,14+/m1/s1. The number of hydrogen-bond acceptors (Lipinski definition) is 3. The van der Waals surface area contributed by atoms with Crippen LogP contribution in [0.3, 0.4) is 0 Å². The van der Waals surface area contributed by atoms with Crippen LogP contribution in [-0.4, -0.2) is 35.2 Å². The smallest absolute Gasteiger partial charge is 0.251 e. The summed E-state index contributed by atoms with van der Waals surface area (Å²) in [7, 11) is 0. The molecule has 0 aromatic heterocycles.